The molecule has 0 aromatic carbocycles. The third-order valence-corrected chi connectivity index (χ3v) is 5.63. The lowest BCUT2D eigenvalue weighted by Crippen LogP contribution is -2.67. The van der Waals surface area contributed by atoms with Gasteiger partial charge in [-0.25, -0.2) is 0 Å². The van der Waals surface area contributed by atoms with Crippen LogP contribution in [0.3, 0.4) is 0 Å². The van der Waals surface area contributed by atoms with Gasteiger partial charge in [0.15, 0.2) is 43.1 Å². The summed E-state index contributed by atoms with van der Waals surface area (Å²) in [6.07, 6.45) is -16.0. The first-order valence-corrected chi connectivity index (χ1v) is 12.4. The Hall–Kier alpha value is -3.38. The molecule has 0 aromatic heterocycles. The summed E-state index contributed by atoms with van der Waals surface area (Å²) in [5.74, 6) is -5.17. The van der Waals surface area contributed by atoms with Crippen LogP contribution in [0.2, 0.25) is 0 Å². The van der Waals surface area contributed by atoms with Crippen molar-refractivity contribution in [2.75, 3.05) is 13.2 Å². The van der Waals surface area contributed by atoms with E-state index in [1.165, 1.54) is 0 Å². The second kappa shape index (κ2) is 15.0. The van der Waals surface area contributed by atoms with Crippen LogP contribution in [-0.4, -0.2) is 121 Å². The molecule has 2 aliphatic heterocycles. The predicted octanol–water partition coefficient (Wildman–Crippen LogP) is -1.97. The monoisotopic (exact) mass is 594 g/mol. The van der Waals surface area contributed by atoms with Gasteiger partial charge in [0, 0.05) is 41.5 Å². The van der Waals surface area contributed by atoms with Crippen molar-refractivity contribution in [3.63, 3.8) is 0 Å². The minimum atomic E-state index is -1.87. The molecule has 2 N–H and O–H groups in total. The molecule has 2 fully saturated rings. The highest BCUT2D eigenvalue weighted by Gasteiger charge is 2.57. The first kappa shape index (κ1) is 33.8. The molecule has 41 heavy (non-hydrogen) atoms. The number of carbonyl (C=O) groups excluding carboxylic acids is 6. The zero-order valence-electron chi connectivity index (χ0n) is 23.2. The Kier molecular flexibility index (Phi) is 12.4. The number of esters is 6. The van der Waals surface area contributed by atoms with Gasteiger partial charge in [-0.3, -0.25) is 28.8 Å². The summed E-state index contributed by atoms with van der Waals surface area (Å²) in [6.45, 7) is 4.85. The molecule has 10 atom stereocenters. The molecule has 17 heteroatoms. The third-order valence-electron chi connectivity index (χ3n) is 5.63. The molecule has 0 aliphatic carbocycles. The number of carbonyl (C=O) groups is 6. The number of hydrogen-bond acceptors (Lipinski definition) is 17. The van der Waals surface area contributed by atoms with Crippen LogP contribution in [-0.2, 0) is 71.4 Å². The van der Waals surface area contributed by atoms with E-state index in [9.17, 15) is 39.0 Å². The Balaban J connectivity index is 2.60. The Morgan fingerprint density at radius 1 is 0.561 bits per heavy atom. The highest BCUT2D eigenvalue weighted by atomic mass is 16.8. The van der Waals surface area contributed by atoms with Crippen LogP contribution < -0.4 is 0 Å². The van der Waals surface area contributed by atoms with E-state index >= 15 is 0 Å². The first-order chi connectivity index (χ1) is 19.1. The summed E-state index contributed by atoms with van der Waals surface area (Å²) < 4.78 is 48.5. The minimum absolute atomic E-state index is 0.551. The van der Waals surface area contributed by atoms with Gasteiger partial charge in [-0.1, -0.05) is 0 Å². The van der Waals surface area contributed by atoms with E-state index in [0.717, 1.165) is 41.5 Å². The molecule has 0 spiro atoms. The molecule has 0 saturated carbocycles. The zero-order valence-corrected chi connectivity index (χ0v) is 23.2. The van der Waals surface area contributed by atoms with Crippen molar-refractivity contribution in [3.05, 3.63) is 0 Å². The molecular formula is C24H34O17. The molecule has 232 valence electrons. The number of ether oxygens (including phenoxy) is 9. The summed E-state index contributed by atoms with van der Waals surface area (Å²) in [5.41, 5.74) is 0. The molecule has 2 saturated heterocycles. The maximum Gasteiger partial charge on any atom is 0.303 e. The molecular weight excluding hydrogens is 560 g/mol. The smallest absolute Gasteiger partial charge is 0.303 e. The van der Waals surface area contributed by atoms with Crippen molar-refractivity contribution >= 4 is 35.8 Å². The van der Waals surface area contributed by atoms with Crippen LogP contribution >= 0.6 is 0 Å². The van der Waals surface area contributed by atoms with E-state index < -0.39 is 110 Å². The minimum Gasteiger partial charge on any atom is -0.463 e. The van der Waals surface area contributed by atoms with Crippen LogP contribution in [0.5, 0.6) is 0 Å². The largest absolute Gasteiger partial charge is 0.463 e. The van der Waals surface area contributed by atoms with Crippen LogP contribution in [0.25, 0.3) is 0 Å². The number of hydrogen-bond donors (Lipinski definition) is 2. The zero-order chi connectivity index (χ0) is 31.0. The fourth-order valence-electron chi connectivity index (χ4n) is 4.30. The van der Waals surface area contributed by atoms with Gasteiger partial charge in [-0.15, -0.1) is 0 Å². The van der Waals surface area contributed by atoms with Crippen molar-refractivity contribution in [2.45, 2.75) is 103 Å². The molecule has 0 bridgehead atoms. The summed E-state index contributed by atoms with van der Waals surface area (Å²) in [6, 6.07) is 0. The quantitative estimate of drug-likeness (QED) is 0.206. The van der Waals surface area contributed by atoms with Gasteiger partial charge >= 0.3 is 35.8 Å². The average Bonchev–Trinajstić information content (AvgIpc) is 2.83. The highest BCUT2D eigenvalue weighted by molar-refractivity contribution is 5.69. The normalized spacial score (nSPS) is 33.1. The summed E-state index contributed by atoms with van der Waals surface area (Å²) in [7, 11) is 0. The highest BCUT2D eigenvalue weighted by Crippen LogP contribution is 2.34. The Bertz CT molecular complexity index is 981. The molecule has 10 unspecified atom stereocenters. The van der Waals surface area contributed by atoms with Gasteiger partial charge in [-0.05, 0) is 0 Å². The maximum absolute atomic E-state index is 12.1. The van der Waals surface area contributed by atoms with Crippen LogP contribution in [0, 0.1) is 0 Å². The Labute approximate surface area is 234 Å². The molecule has 0 radical (unpaired) electrons. The SMILES string of the molecule is CC(=O)OCC1OC(OC2C(CO)OC(O)C(OC(C)=O)C2OC(C)=O)C(OC(C)=O)C(OC(C)=O)C1OC(C)=O. The van der Waals surface area contributed by atoms with Crippen LogP contribution in [0.15, 0.2) is 0 Å². The van der Waals surface area contributed by atoms with Crippen molar-refractivity contribution in [1.29, 1.82) is 0 Å². The molecule has 2 aliphatic rings. The first-order valence-electron chi connectivity index (χ1n) is 12.4. The van der Waals surface area contributed by atoms with E-state index in [0.29, 0.717) is 0 Å². The van der Waals surface area contributed by atoms with Crippen molar-refractivity contribution in [2.24, 2.45) is 0 Å². The van der Waals surface area contributed by atoms with Gasteiger partial charge < -0.3 is 52.8 Å². The summed E-state index contributed by atoms with van der Waals surface area (Å²) >= 11 is 0. The molecule has 0 aromatic rings. The fourth-order valence-corrected chi connectivity index (χ4v) is 4.30. The second-order valence-electron chi connectivity index (χ2n) is 9.06. The van der Waals surface area contributed by atoms with E-state index in [1.54, 1.807) is 0 Å². The van der Waals surface area contributed by atoms with Crippen LogP contribution in [0.4, 0.5) is 0 Å². The third kappa shape index (κ3) is 9.60. The van der Waals surface area contributed by atoms with E-state index in [4.69, 9.17) is 42.6 Å². The summed E-state index contributed by atoms with van der Waals surface area (Å²) in [5, 5.41) is 20.4. The lowest BCUT2D eigenvalue weighted by atomic mass is 9.96. The predicted molar refractivity (Wildman–Crippen MR) is 126 cm³/mol. The number of rotatable bonds is 10. The average molecular weight is 595 g/mol. The van der Waals surface area contributed by atoms with Crippen LogP contribution in [0.1, 0.15) is 41.5 Å². The van der Waals surface area contributed by atoms with Crippen molar-refractivity contribution < 1.29 is 81.6 Å². The van der Waals surface area contributed by atoms with Crippen molar-refractivity contribution in [3.8, 4) is 0 Å². The lowest BCUT2D eigenvalue weighted by Gasteiger charge is -2.48. The molecule has 2 rings (SSSR count). The van der Waals surface area contributed by atoms with E-state index in [-0.39, 0.29) is 0 Å². The Morgan fingerprint density at radius 3 is 1.46 bits per heavy atom. The topological polar surface area (TPSA) is 226 Å². The van der Waals surface area contributed by atoms with Gasteiger partial charge in [0.1, 0.15) is 24.9 Å². The standard InChI is InChI=1S/C24H34O17/c1-9(26)33-8-16-18(34-10(2)27)20(36-12(4)29)22(38-14(6)31)24(40-16)41-17-15(7-25)39-23(32)21(37-13(5)30)19(17)35-11(3)28/h15-25,32H,7-8H2,1-6H3. The summed E-state index contributed by atoms with van der Waals surface area (Å²) in [4.78, 5) is 71.2. The van der Waals surface area contributed by atoms with Gasteiger partial charge in [0.2, 0.25) is 0 Å². The lowest BCUT2D eigenvalue weighted by molar-refractivity contribution is -0.357. The van der Waals surface area contributed by atoms with Gasteiger partial charge in [0.05, 0.1) is 6.61 Å². The second-order valence-corrected chi connectivity index (χ2v) is 9.06. The molecule has 0 amide bonds. The molecule has 2 heterocycles. The van der Waals surface area contributed by atoms with Crippen molar-refractivity contribution in [1.82, 2.24) is 0 Å². The van der Waals surface area contributed by atoms with Gasteiger partial charge in [0.25, 0.3) is 0 Å². The fraction of sp³-hybridized carbons (Fsp3) is 0.750. The van der Waals surface area contributed by atoms with E-state index in [1.807, 2.05) is 0 Å². The number of aliphatic hydroxyl groups is 2. The van der Waals surface area contributed by atoms with E-state index in [2.05, 4.69) is 0 Å². The molecule has 17 nitrogen and oxygen atoms in total. The number of aliphatic hydroxyl groups excluding tert-OH is 2. The Morgan fingerprint density at radius 2 is 1.00 bits per heavy atom. The van der Waals surface area contributed by atoms with Gasteiger partial charge in [-0.2, -0.15) is 0 Å². The maximum atomic E-state index is 12.1.